The molecule has 88 valence electrons. The molecule has 2 rings (SSSR count). The predicted octanol–water partition coefficient (Wildman–Crippen LogP) is 2.25. The Morgan fingerprint density at radius 2 is 1.93 bits per heavy atom. The lowest BCUT2D eigenvalue weighted by molar-refractivity contribution is 0.0423. The van der Waals surface area contributed by atoms with Crippen molar-refractivity contribution >= 4 is 0 Å². The summed E-state index contributed by atoms with van der Waals surface area (Å²) in [5, 5.41) is 3.68. The smallest absolute Gasteiger partial charge is 0.0138 e. The zero-order chi connectivity index (χ0) is 10.8. The van der Waals surface area contributed by atoms with Gasteiger partial charge in [-0.2, -0.15) is 0 Å². The van der Waals surface area contributed by atoms with E-state index in [0.717, 1.165) is 18.0 Å². The van der Waals surface area contributed by atoms with Crippen molar-refractivity contribution in [2.45, 2.75) is 64.6 Å². The Morgan fingerprint density at radius 3 is 2.33 bits per heavy atom. The molecule has 2 saturated carbocycles. The Hall–Kier alpha value is -0.0800. The maximum Gasteiger partial charge on any atom is 0.0138 e. The van der Waals surface area contributed by atoms with Crippen molar-refractivity contribution < 1.29 is 0 Å². The molecule has 2 aliphatic rings. The Labute approximate surface area is 94.4 Å². The van der Waals surface area contributed by atoms with Crippen LogP contribution in [0.5, 0.6) is 0 Å². The maximum atomic E-state index is 3.68. The summed E-state index contributed by atoms with van der Waals surface area (Å²) < 4.78 is 0. The van der Waals surface area contributed by atoms with Gasteiger partial charge in [0, 0.05) is 18.1 Å². The first-order chi connectivity index (χ1) is 7.22. The number of rotatable bonds is 6. The molecule has 15 heavy (non-hydrogen) atoms. The minimum atomic E-state index is 0.712. The molecule has 0 aliphatic heterocycles. The molecule has 0 aromatic heterocycles. The van der Waals surface area contributed by atoms with Gasteiger partial charge in [-0.3, -0.25) is 4.90 Å². The second-order valence-corrected chi connectivity index (χ2v) is 5.51. The first kappa shape index (κ1) is 11.4. The van der Waals surface area contributed by atoms with Gasteiger partial charge in [0.25, 0.3) is 0 Å². The van der Waals surface area contributed by atoms with Gasteiger partial charge < -0.3 is 5.32 Å². The van der Waals surface area contributed by atoms with Crippen molar-refractivity contribution in [3.63, 3.8) is 0 Å². The number of hydrogen-bond acceptors (Lipinski definition) is 2. The minimum Gasteiger partial charge on any atom is -0.314 e. The lowest BCUT2D eigenvalue weighted by Crippen LogP contribution is -2.53. The minimum absolute atomic E-state index is 0.712. The van der Waals surface area contributed by atoms with Crippen molar-refractivity contribution in [1.29, 1.82) is 0 Å². The van der Waals surface area contributed by atoms with E-state index in [1.165, 1.54) is 38.8 Å². The van der Waals surface area contributed by atoms with Gasteiger partial charge in [-0.1, -0.05) is 6.92 Å². The van der Waals surface area contributed by atoms with Gasteiger partial charge in [-0.05, 0) is 58.5 Å². The van der Waals surface area contributed by atoms with Crippen LogP contribution in [0.25, 0.3) is 0 Å². The summed E-state index contributed by atoms with van der Waals surface area (Å²) in [4.78, 5) is 2.67. The average molecular weight is 210 g/mol. The highest BCUT2D eigenvalue weighted by molar-refractivity contribution is 4.92. The SMILES string of the molecule is CCN(C(C)C)C1CCC1CNC1CC1. The van der Waals surface area contributed by atoms with E-state index in [9.17, 15) is 0 Å². The van der Waals surface area contributed by atoms with E-state index >= 15 is 0 Å². The van der Waals surface area contributed by atoms with Gasteiger partial charge in [-0.15, -0.1) is 0 Å². The topological polar surface area (TPSA) is 15.3 Å². The van der Waals surface area contributed by atoms with Crippen LogP contribution < -0.4 is 5.32 Å². The number of nitrogens with one attached hydrogen (secondary N) is 1. The zero-order valence-corrected chi connectivity index (χ0v) is 10.5. The van der Waals surface area contributed by atoms with Gasteiger partial charge in [-0.25, -0.2) is 0 Å². The normalized spacial score (nSPS) is 31.0. The van der Waals surface area contributed by atoms with Crippen LogP contribution in [0.4, 0.5) is 0 Å². The number of nitrogens with zero attached hydrogens (tertiary/aromatic N) is 1. The largest absolute Gasteiger partial charge is 0.314 e. The summed E-state index contributed by atoms with van der Waals surface area (Å²) >= 11 is 0. The standard InChI is InChI=1S/C13H26N2/c1-4-15(10(2)3)13-8-5-11(13)9-14-12-6-7-12/h10-14H,4-9H2,1-3H3. The second-order valence-electron chi connectivity index (χ2n) is 5.51. The lowest BCUT2D eigenvalue weighted by Gasteiger charge is -2.46. The highest BCUT2D eigenvalue weighted by Gasteiger charge is 2.36. The summed E-state index contributed by atoms with van der Waals surface area (Å²) in [5.74, 6) is 0.924. The van der Waals surface area contributed by atoms with E-state index in [1.54, 1.807) is 0 Å². The second kappa shape index (κ2) is 4.84. The van der Waals surface area contributed by atoms with Gasteiger partial charge in [0.15, 0.2) is 0 Å². The van der Waals surface area contributed by atoms with Crippen LogP contribution in [0, 0.1) is 5.92 Å². The highest BCUT2D eigenvalue weighted by atomic mass is 15.2. The molecule has 0 bridgehead atoms. The van der Waals surface area contributed by atoms with Crippen LogP contribution in [0.15, 0.2) is 0 Å². The maximum absolute atomic E-state index is 3.68. The van der Waals surface area contributed by atoms with Crippen molar-refractivity contribution in [2.24, 2.45) is 5.92 Å². The van der Waals surface area contributed by atoms with Crippen LogP contribution >= 0.6 is 0 Å². The van der Waals surface area contributed by atoms with Crippen LogP contribution in [-0.2, 0) is 0 Å². The third-order valence-electron chi connectivity index (χ3n) is 4.08. The van der Waals surface area contributed by atoms with Crippen molar-refractivity contribution in [2.75, 3.05) is 13.1 Å². The molecule has 0 radical (unpaired) electrons. The van der Waals surface area contributed by atoms with Gasteiger partial charge in [0.2, 0.25) is 0 Å². The molecule has 2 aliphatic carbocycles. The molecule has 0 aromatic rings. The molecule has 0 spiro atoms. The Balaban J connectivity index is 1.75. The van der Waals surface area contributed by atoms with E-state index in [1.807, 2.05) is 0 Å². The summed E-state index contributed by atoms with van der Waals surface area (Å²) in [6, 6.07) is 2.45. The summed E-state index contributed by atoms with van der Waals surface area (Å²) in [5.41, 5.74) is 0. The molecule has 1 N–H and O–H groups in total. The molecule has 0 aromatic carbocycles. The highest BCUT2D eigenvalue weighted by Crippen LogP contribution is 2.33. The van der Waals surface area contributed by atoms with Crippen molar-refractivity contribution in [3.05, 3.63) is 0 Å². The lowest BCUT2D eigenvalue weighted by atomic mass is 9.78. The van der Waals surface area contributed by atoms with Gasteiger partial charge in [0.05, 0.1) is 0 Å². The Kier molecular flexibility index (Phi) is 3.68. The quantitative estimate of drug-likeness (QED) is 0.723. The summed E-state index contributed by atoms with van der Waals surface area (Å²) in [6.45, 7) is 9.42. The molecule has 2 atom stereocenters. The molecule has 0 heterocycles. The van der Waals surface area contributed by atoms with E-state index < -0.39 is 0 Å². The molecule has 0 saturated heterocycles. The fourth-order valence-electron chi connectivity index (χ4n) is 2.81. The molecule has 2 unspecified atom stereocenters. The monoisotopic (exact) mass is 210 g/mol. The van der Waals surface area contributed by atoms with Crippen LogP contribution in [0.1, 0.15) is 46.5 Å². The number of hydrogen-bond donors (Lipinski definition) is 1. The third kappa shape index (κ3) is 2.73. The fraction of sp³-hybridized carbons (Fsp3) is 1.00. The molecule has 0 amide bonds. The van der Waals surface area contributed by atoms with Crippen LogP contribution in [0.3, 0.4) is 0 Å². The Morgan fingerprint density at radius 1 is 1.20 bits per heavy atom. The van der Waals surface area contributed by atoms with Gasteiger partial charge in [0.1, 0.15) is 0 Å². The average Bonchev–Trinajstić information content (AvgIpc) is 2.95. The summed E-state index contributed by atoms with van der Waals surface area (Å²) in [7, 11) is 0. The van der Waals surface area contributed by atoms with E-state index in [-0.39, 0.29) is 0 Å². The fourth-order valence-corrected chi connectivity index (χ4v) is 2.81. The van der Waals surface area contributed by atoms with Gasteiger partial charge >= 0.3 is 0 Å². The van der Waals surface area contributed by atoms with Crippen molar-refractivity contribution in [1.82, 2.24) is 10.2 Å². The summed E-state index contributed by atoms with van der Waals surface area (Å²) in [6.07, 6.45) is 5.69. The molecule has 2 heteroatoms. The first-order valence-corrected chi connectivity index (χ1v) is 6.71. The third-order valence-corrected chi connectivity index (χ3v) is 4.08. The zero-order valence-electron chi connectivity index (χ0n) is 10.5. The van der Waals surface area contributed by atoms with E-state index in [4.69, 9.17) is 0 Å². The predicted molar refractivity (Wildman–Crippen MR) is 65.1 cm³/mol. The van der Waals surface area contributed by atoms with E-state index in [0.29, 0.717) is 6.04 Å². The Bertz CT molecular complexity index is 199. The van der Waals surface area contributed by atoms with Crippen molar-refractivity contribution in [3.8, 4) is 0 Å². The molecular formula is C13H26N2. The molecule has 2 nitrogen and oxygen atoms in total. The molecular weight excluding hydrogens is 184 g/mol. The van der Waals surface area contributed by atoms with Crippen LogP contribution in [0.2, 0.25) is 0 Å². The van der Waals surface area contributed by atoms with Crippen LogP contribution in [-0.4, -0.2) is 36.1 Å². The molecule has 2 fully saturated rings. The van der Waals surface area contributed by atoms with E-state index in [2.05, 4.69) is 31.0 Å². The first-order valence-electron chi connectivity index (χ1n) is 6.71.